The van der Waals surface area contributed by atoms with Crippen LogP contribution in [0.25, 0.3) is 10.9 Å². The zero-order valence-corrected chi connectivity index (χ0v) is 10.8. The van der Waals surface area contributed by atoms with Crippen LogP contribution in [0.5, 0.6) is 0 Å². The third-order valence-corrected chi connectivity index (χ3v) is 3.00. The molecular formula is C14H17N3O2. The van der Waals surface area contributed by atoms with Gasteiger partial charge in [-0.1, -0.05) is 31.9 Å². The first kappa shape index (κ1) is 13.3. The van der Waals surface area contributed by atoms with Crippen LogP contribution in [0, 0.1) is 0 Å². The van der Waals surface area contributed by atoms with E-state index in [0.29, 0.717) is 12.2 Å². The molecule has 19 heavy (non-hydrogen) atoms. The second-order valence-corrected chi connectivity index (χ2v) is 4.42. The van der Waals surface area contributed by atoms with Crippen LogP contribution in [0.1, 0.15) is 26.2 Å². The van der Waals surface area contributed by atoms with Crippen molar-refractivity contribution in [3.63, 3.8) is 0 Å². The molecule has 2 N–H and O–H groups in total. The molecule has 5 heteroatoms. The Balaban J connectivity index is 2.26. The number of benzene rings is 1. The van der Waals surface area contributed by atoms with Gasteiger partial charge in [-0.05, 0) is 18.6 Å². The SMILES string of the molecule is CCCC[C@@H](Nc1ncnc2ccccc12)C(=O)O. The van der Waals surface area contributed by atoms with Crippen molar-refractivity contribution in [1.29, 1.82) is 0 Å². The van der Waals surface area contributed by atoms with E-state index in [9.17, 15) is 9.90 Å². The fourth-order valence-electron chi connectivity index (χ4n) is 1.95. The van der Waals surface area contributed by atoms with E-state index < -0.39 is 12.0 Å². The van der Waals surface area contributed by atoms with Gasteiger partial charge in [-0.15, -0.1) is 0 Å². The van der Waals surface area contributed by atoms with Gasteiger partial charge in [0.15, 0.2) is 0 Å². The van der Waals surface area contributed by atoms with Gasteiger partial charge in [0.05, 0.1) is 5.52 Å². The highest BCUT2D eigenvalue weighted by molar-refractivity contribution is 5.90. The van der Waals surface area contributed by atoms with E-state index in [1.807, 2.05) is 31.2 Å². The first-order valence-electron chi connectivity index (χ1n) is 6.41. The highest BCUT2D eigenvalue weighted by atomic mass is 16.4. The minimum Gasteiger partial charge on any atom is -0.480 e. The summed E-state index contributed by atoms with van der Waals surface area (Å²) in [7, 11) is 0. The van der Waals surface area contributed by atoms with Gasteiger partial charge in [0, 0.05) is 5.39 Å². The van der Waals surface area contributed by atoms with Gasteiger partial charge in [0.1, 0.15) is 18.2 Å². The molecule has 0 amide bonds. The summed E-state index contributed by atoms with van der Waals surface area (Å²) in [5.74, 6) is -0.273. The molecule has 0 saturated carbocycles. The minimum absolute atomic E-state index is 0.578. The molecule has 0 saturated heterocycles. The van der Waals surface area contributed by atoms with Gasteiger partial charge in [0.25, 0.3) is 0 Å². The normalized spacial score (nSPS) is 12.3. The number of fused-ring (bicyclic) bond motifs is 1. The lowest BCUT2D eigenvalue weighted by molar-refractivity contribution is -0.138. The van der Waals surface area contributed by atoms with Crippen LogP contribution in [0.3, 0.4) is 0 Å². The largest absolute Gasteiger partial charge is 0.480 e. The predicted molar refractivity (Wildman–Crippen MR) is 74.1 cm³/mol. The molecular weight excluding hydrogens is 242 g/mol. The van der Waals surface area contributed by atoms with Gasteiger partial charge < -0.3 is 10.4 Å². The Hall–Kier alpha value is -2.17. The molecule has 0 fully saturated rings. The van der Waals surface area contributed by atoms with E-state index in [-0.39, 0.29) is 0 Å². The van der Waals surface area contributed by atoms with Gasteiger partial charge in [0.2, 0.25) is 0 Å². The fourth-order valence-corrected chi connectivity index (χ4v) is 1.95. The molecule has 1 atom stereocenters. The zero-order chi connectivity index (χ0) is 13.7. The Morgan fingerprint density at radius 1 is 1.37 bits per heavy atom. The Bertz CT molecular complexity index is 566. The molecule has 2 aromatic rings. The summed E-state index contributed by atoms with van der Waals surface area (Å²) in [6.45, 7) is 2.04. The quantitative estimate of drug-likeness (QED) is 0.834. The number of rotatable bonds is 6. The number of carboxylic acids is 1. The maximum Gasteiger partial charge on any atom is 0.326 e. The number of unbranched alkanes of at least 4 members (excludes halogenated alkanes) is 1. The lowest BCUT2D eigenvalue weighted by atomic mass is 10.1. The number of para-hydroxylation sites is 1. The van der Waals surface area contributed by atoms with Gasteiger partial charge in [-0.25, -0.2) is 14.8 Å². The Labute approximate surface area is 111 Å². The number of carbonyl (C=O) groups is 1. The van der Waals surface area contributed by atoms with Crippen molar-refractivity contribution in [2.24, 2.45) is 0 Å². The summed E-state index contributed by atoms with van der Waals surface area (Å²) in [5, 5.41) is 13.1. The van der Waals surface area contributed by atoms with E-state index >= 15 is 0 Å². The average molecular weight is 259 g/mol. The number of aliphatic carboxylic acids is 1. The topological polar surface area (TPSA) is 75.1 Å². The number of nitrogens with zero attached hydrogens (tertiary/aromatic N) is 2. The summed E-state index contributed by atoms with van der Waals surface area (Å²) in [6.07, 6.45) is 3.87. The first-order valence-corrected chi connectivity index (χ1v) is 6.41. The molecule has 0 spiro atoms. The standard InChI is InChI=1S/C14H17N3O2/c1-2-3-7-12(14(18)19)17-13-10-6-4-5-8-11(10)15-9-16-13/h4-6,8-9,12H,2-3,7H2,1H3,(H,18,19)(H,15,16,17)/t12-/m1/s1. The smallest absolute Gasteiger partial charge is 0.326 e. The van der Waals surface area contributed by atoms with Crippen molar-refractivity contribution in [3.8, 4) is 0 Å². The van der Waals surface area contributed by atoms with Gasteiger partial charge in [-0.3, -0.25) is 0 Å². The number of hydrogen-bond acceptors (Lipinski definition) is 4. The van der Waals surface area contributed by atoms with Crippen LogP contribution in [-0.4, -0.2) is 27.1 Å². The second kappa shape index (κ2) is 6.13. The fraction of sp³-hybridized carbons (Fsp3) is 0.357. The first-order chi connectivity index (χ1) is 9.22. The van der Waals surface area contributed by atoms with Crippen LogP contribution in [0.15, 0.2) is 30.6 Å². The summed E-state index contributed by atoms with van der Waals surface area (Å²) in [6, 6.07) is 6.93. The number of hydrogen-bond donors (Lipinski definition) is 2. The highest BCUT2D eigenvalue weighted by Crippen LogP contribution is 2.20. The molecule has 0 aliphatic heterocycles. The van der Waals surface area contributed by atoms with E-state index in [0.717, 1.165) is 23.7 Å². The maximum atomic E-state index is 11.2. The lowest BCUT2D eigenvalue weighted by Crippen LogP contribution is -2.29. The van der Waals surface area contributed by atoms with Crippen molar-refractivity contribution in [2.75, 3.05) is 5.32 Å². The molecule has 0 bridgehead atoms. The predicted octanol–water partition coefficient (Wildman–Crippen LogP) is 2.69. The van der Waals surface area contributed by atoms with Crippen LogP contribution in [-0.2, 0) is 4.79 Å². The second-order valence-electron chi connectivity index (χ2n) is 4.42. The minimum atomic E-state index is -0.851. The van der Waals surface area contributed by atoms with Crippen LogP contribution < -0.4 is 5.32 Å². The van der Waals surface area contributed by atoms with E-state index in [4.69, 9.17) is 0 Å². The molecule has 2 rings (SSSR count). The highest BCUT2D eigenvalue weighted by Gasteiger charge is 2.17. The van der Waals surface area contributed by atoms with E-state index in [2.05, 4.69) is 15.3 Å². The Kier molecular flexibility index (Phi) is 4.28. The van der Waals surface area contributed by atoms with Crippen molar-refractivity contribution >= 4 is 22.7 Å². The monoisotopic (exact) mass is 259 g/mol. The van der Waals surface area contributed by atoms with Gasteiger partial charge >= 0.3 is 5.97 Å². The molecule has 5 nitrogen and oxygen atoms in total. The number of nitrogens with one attached hydrogen (secondary N) is 1. The molecule has 1 heterocycles. The Morgan fingerprint density at radius 2 is 2.16 bits per heavy atom. The summed E-state index contributed by atoms with van der Waals surface area (Å²) in [5.41, 5.74) is 0.805. The number of aromatic nitrogens is 2. The van der Waals surface area contributed by atoms with Gasteiger partial charge in [-0.2, -0.15) is 0 Å². The number of anilines is 1. The van der Waals surface area contributed by atoms with Crippen molar-refractivity contribution in [3.05, 3.63) is 30.6 Å². The van der Waals surface area contributed by atoms with Crippen molar-refractivity contribution < 1.29 is 9.90 Å². The van der Waals surface area contributed by atoms with Crippen LogP contribution >= 0.6 is 0 Å². The molecule has 100 valence electrons. The average Bonchev–Trinajstić information content (AvgIpc) is 2.43. The maximum absolute atomic E-state index is 11.2. The molecule has 0 aliphatic carbocycles. The number of carboxylic acid groups (broad SMARTS) is 1. The van der Waals surface area contributed by atoms with Crippen molar-refractivity contribution in [1.82, 2.24) is 9.97 Å². The Morgan fingerprint density at radius 3 is 2.89 bits per heavy atom. The van der Waals surface area contributed by atoms with Crippen LogP contribution in [0.4, 0.5) is 5.82 Å². The summed E-state index contributed by atoms with van der Waals surface area (Å²) < 4.78 is 0. The lowest BCUT2D eigenvalue weighted by Gasteiger charge is -2.15. The van der Waals surface area contributed by atoms with Crippen LogP contribution in [0.2, 0.25) is 0 Å². The van der Waals surface area contributed by atoms with Crippen molar-refractivity contribution in [2.45, 2.75) is 32.2 Å². The molecule has 0 radical (unpaired) electrons. The third kappa shape index (κ3) is 3.19. The summed E-state index contributed by atoms with van der Waals surface area (Å²) >= 11 is 0. The molecule has 0 aliphatic rings. The van der Waals surface area contributed by atoms with E-state index in [1.54, 1.807) is 0 Å². The molecule has 0 unspecified atom stereocenters. The molecule has 1 aromatic carbocycles. The van der Waals surface area contributed by atoms with E-state index in [1.165, 1.54) is 6.33 Å². The molecule has 1 aromatic heterocycles. The summed E-state index contributed by atoms with van der Waals surface area (Å²) in [4.78, 5) is 19.5. The zero-order valence-electron chi connectivity index (χ0n) is 10.8. The third-order valence-electron chi connectivity index (χ3n) is 3.00.